The number of carbonyl (C=O) groups excluding carboxylic acids is 2. The van der Waals surface area contributed by atoms with Crippen molar-refractivity contribution in [3.05, 3.63) is 240 Å². The molecule has 14 nitrogen and oxygen atoms in total. The van der Waals surface area contributed by atoms with Gasteiger partial charge in [0.2, 0.25) is 0 Å². The summed E-state index contributed by atoms with van der Waals surface area (Å²) in [6, 6.07) is 47.4. The molecule has 0 bridgehead atoms. The molecule has 0 saturated carbocycles. The highest BCUT2D eigenvalue weighted by atomic mass is 35.5. The van der Waals surface area contributed by atoms with Crippen LogP contribution in [0.1, 0.15) is 79.9 Å². The Morgan fingerprint density at radius 3 is 1.32 bits per heavy atom. The first-order valence-corrected chi connectivity index (χ1v) is 32.8. The lowest BCUT2D eigenvalue weighted by molar-refractivity contribution is -0.991. The molecule has 1 amide bonds. The number of halogens is 6. The summed E-state index contributed by atoms with van der Waals surface area (Å²) in [5.74, 6) is -1.48. The maximum absolute atomic E-state index is 15.9. The number of rotatable bonds is 13. The van der Waals surface area contributed by atoms with Crippen LogP contribution in [0.15, 0.2) is 164 Å². The van der Waals surface area contributed by atoms with Crippen LogP contribution in [0.25, 0.3) is 64.0 Å². The van der Waals surface area contributed by atoms with Crippen LogP contribution >= 0.6 is 68.8 Å². The predicted octanol–water partition coefficient (Wildman–Crippen LogP) is 18.4. The summed E-state index contributed by atoms with van der Waals surface area (Å²) in [7, 11) is 0. The van der Waals surface area contributed by atoms with Gasteiger partial charge in [0.1, 0.15) is 33.7 Å². The first-order chi connectivity index (χ1) is 44.6. The van der Waals surface area contributed by atoms with Crippen molar-refractivity contribution in [3.8, 4) is 33.4 Å². The number of benzene rings is 9. The van der Waals surface area contributed by atoms with E-state index in [4.69, 9.17) is 66.7 Å². The first kappa shape index (κ1) is 68.2. The van der Waals surface area contributed by atoms with Gasteiger partial charge >= 0.3 is 12.1 Å². The molecule has 23 heteroatoms. The number of esters is 1. The molecule has 1 unspecified atom stereocenters. The van der Waals surface area contributed by atoms with Gasteiger partial charge in [-0.05, 0) is 170 Å². The first-order valence-electron chi connectivity index (χ1n) is 29.2. The fourth-order valence-electron chi connectivity index (χ4n) is 10.2. The van der Waals surface area contributed by atoms with E-state index in [1.807, 2.05) is 81.4 Å². The maximum atomic E-state index is 15.9. The zero-order valence-corrected chi connectivity index (χ0v) is 56.2. The van der Waals surface area contributed by atoms with E-state index in [2.05, 4.69) is 20.3 Å². The maximum Gasteiger partial charge on any atom is 0.413 e. The minimum absolute atomic E-state index is 0.0283. The van der Waals surface area contributed by atoms with Crippen LogP contribution in [0.4, 0.5) is 45.3 Å². The number of anilines is 4. The van der Waals surface area contributed by atoms with Crippen LogP contribution in [-0.2, 0) is 40.0 Å². The Labute approximate surface area is 566 Å². The number of hydrogen-bond acceptors (Lipinski definition) is 15. The number of nitrogens with zero attached hydrogens (tertiary/aromatic N) is 3. The Balaban J connectivity index is 0.000000156. The lowest BCUT2D eigenvalue weighted by Crippen LogP contribution is -2.99. The summed E-state index contributed by atoms with van der Waals surface area (Å²) in [4.78, 5) is 38.1. The number of quaternary nitrogens is 1. The number of nitrogens with one attached hydrogen (secondary N) is 2. The van der Waals surface area contributed by atoms with Crippen molar-refractivity contribution in [1.29, 1.82) is 0 Å². The van der Waals surface area contributed by atoms with Crippen molar-refractivity contribution < 1.29 is 42.7 Å². The molecule has 1 atom stereocenters. The molecule has 94 heavy (non-hydrogen) atoms. The average Bonchev–Trinajstić information content (AvgIpc) is 1.54. The van der Waals surface area contributed by atoms with Gasteiger partial charge in [0.25, 0.3) is 0 Å². The molecule has 482 valence electrons. The number of amides is 1. The second-order valence-corrected chi connectivity index (χ2v) is 28.3. The molecule has 12 rings (SSSR count). The Hall–Kier alpha value is -8.67. The standard InChI is InChI=1S/C26H24ClFN2O2S.C25H23ClFN3O4S.C20H15ClFN3S/c1-26(2,3)32-22(31)14-21-30-25-20(33-21)13-17(11-15-7-9-19(29)10-8-15)24(28)23(25)16-5-4-6-18(27)12-16;1-25(2,3)34-24(31)29-23-28-22-19(35-23)13-16(11-14-7-9-18(10-8-14)30(32)33)21(27)20(22)15-5-4-6-17(26)12-15;21-14-3-1-2-12(9-14)17-18(22)13(8-11-4-6-15(23)7-5-11)10-16-19(17)25-20(24)26-16/h4-10,12-13H,11,14,29H2,1-3H3;4-10,12-13,30,32H,11H2,1-3H3,(H,28,29,31);1-7,9-10H,8,23H2,(H2,24,25). The number of thiazole rings is 3. The third-order valence-electron chi connectivity index (χ3n) is 14.2. The average molecular weight is 1380 g/mol. The fourth-order valence-corrected chi connectivity index (χ4v) is 13.5. The van der Waals surface area contributed by atoms with E-state index in [0.29, 0.717) is 115 Å². The topological polar surface area (TPSA) is 229 Å². The molecule has 9 aromatic carbocycles. The van der Waals surface area contributed by atoms with E-state index in [-0.39, 0.29) is 46.8 Å². The summed E-state index contributed by atoms with van der Waals surface area (Å²) in [5, 5.41) is 24.6. The molecule has 0 spiro atoms. The molecule has 12 aromatic rings. The van der Waals surface area contributed by atoms with Crippen molar-refractivity contribution >= 4 is 139 Å². The third kappa shape index (κ3) is 17.2. The summed E-state index contributed by atoms with van der Waals surface area (Å²) in [6.45, 7) is 10.7. The molecule has 0 aliphatic rings. The molecular formula is C71H62Cl3F3N8O6S3. The van der Waals surface area contributed by atoms with Crippen molar-refractivity contribution in [3.63, 3.8) is 0 Å². The van der Waals surface area contributed by atoms with Gasteiger partial charge in [0, 0.05) is 74.5 Å². The lowest BCUT2D eigenvalue weighted by Gasteiger charge is -2.18. The summed E-state index contributed by atoms with van der Waals surface area (Å²) in [5.41, 5.74) is 26.3. The van der Waals surface area contributed by atoms with E-state index >= 15 is 13.2 Å². The fraction of sp³-hybridized carbons (Fsp3) is 0.169. The second kappa shape index (κ2) is 28.9. The van der Waals surface area contributed by atoms with Gasteiger partial charge in [0.05, 0.1) is 37.1 Å². The minimum Gasteiger partial charge on any atom is -0.595 e. The number of nitrogens with two attached hydrogens (primary N) is 3. The van der Waals surface area contributed by atoms with Crippen LogP contribution in [0.5, 0.6) is 0 Å². The summed E-state index contributed by atoms with van der Waals surface area (Å²) < 4.78 is 60.3. The Morgan fingerprint density at radius 2 is 0.915 bits per heavy atom. The van der Waals surface area contributed by atoms with Crippen LogP contribution in [0.3, 0.4) is 0 Å². The summed E-state index contributed by atoms with van der Waals surface area (Å²) >= 11 is 22.4. The van der Waals surface area contributed by atoms with Gasteiger partial charge in [-0.3, -0.25) is 10.1 Å². The summed E-state index contributed by atoms with van der Waals surface area (Å²) in [6.07, 6.45) is 0.463. The van der Waals surface area contributed by atoms with E-state index in [1.54, 1.807) is 112 Å². The predicted molar refractivity (Wildman–Crippen MR) is 376 cm³/mol. The minimum atomic E-state index is -1.03. The zero-order chi connectivity index (χ0) is 67.3. The number of hydrogen-bond donors (Lipinski definition) is 6. The Morgan fingerprint density at radius 1 is 0.532 bits per heavy atom. The van der Waals surface area contributed by atoms with Crippen molar-refractivity contribution in [2.24, 2.45) is 0 Å². The SMILES string of the molecule is CC(C)(C)OC(=O)Cc1nc2c(-c3cccc(Cl)c3)c(F)c(Cc3ccc(N)cc3)cc2s1.CC(C)(C)OC(=O)Nc1nc2c(-c3cccc(Cl)c3)c(F)c(Cc3ccc([NH+]([O-])O)cc3)cc2s1.Nc1ccc(Cc2cc3sc(N)nc3c(-c3cccc(Cl)c3)c2F)cc1. The van der Waals surface area contributed by atoms with Crippen LogP contribution in [0.2, 0.25) is 15.1 Å². The molecule has 9 N–H and O–H groups in total. The Kier molecular flexibility index (Phi) is 21.0. The van der Waals surface area contributed by atoms with Gasteiger partial charge in [0.15, 0.2) is 16.0 Å². The van der Waals surface area contributed by atoms with Crippen LogP contribution in [-0.4, -0.2) is 43.4 Å². The highest BCUT2D eigenvalue weighted by Crippen LogP contribution is 2.42. The molecule has 3 heterocycles. The van der Waals surface area contributed by atoms with Crippen LogP contribution < -0.4 is 27.7 Å². The molecule has 0 radical (unpaired) electrons. The molecule has 0 fully saturated rings. The van der Waals surface area contributed by atoms with E-state index < -0.39 is 28.3 Å². The molecule has 0 aliphatic carbocycles. The van der Waals surface area contributed by atoms with Gasteiger partial charge < -0.3 is 31.9 Å². The number of fused-ring (bicyclic) bond motifs is 3. The molecule has 0 aliphatic heterocycles. The van der Waals surface area contributed by atoms with Gasteiger partial charge in [-0.25, -0.2) is 38.1 Å². The molecule has 0 saturated heterocycles. The third-order valence-corrected chi connectivity index (χ3v) is 17.6. The van der Waals surface area contributed by atoms with Crippen molar-refractivity contribution in [1.82, 2.24) is 15.0 Å². The zero-order valence-electron chi connectivity index (χ0n) is 51.5. The highest BCUT2D eigenvalue weighted by Gasteiger charge is 2.26. The normalized spacial score (nSPS) is 11.9. The second-order valence-electron chi connectivity index (χ2n) is 23.8. The van der Waals surface area contributed by atoms with Gasteiger partial charge in [-0.2, -0.15) is 5.23 Å². The van der Waals surface area contributed by atoms with Crippen molar-refractivity contribution in [2.75, 3.05) is 22.5 Å². The highest BCUT2D eigenvalue weighted by molar-refractivity contribution is 7.22. The monoisotopic (exact) mass is 1380 g/mol. The van der Waals surface area contributed by atoms with Crippen molar-refractivity contribution in [2.45, 2.75) is 78.4 Å². The number of carbonyl (C=O) groups is 2. The quantitative estimate of drug-likeness (QED) is 0.0360. The number of nitrogen functional groups attached to an aromatic ring is 3. The van der Waals surface area contributed by atoms with Gasteiger partial charge in [-0.1, -0.05) is 130 Å². The van der Waals surface area contributed by atoms with E-state index in [9.17, 15) is 14.8 Å². The Bertz CT molecular complexity index is 4770. The molecule has 3 aromatic heterocycles. The van der Waals surface area contributed by atoms with Gasteiger partial charge in [-0.15, -0.1) is 11.3 Å². The van der Waals surface area contributed by atoms with Crippen LogP contribution in [0, 0.1) is 22.7 Å². The molecular weight excluding hydrogens is 1320 g/mol. The smallest absolute Gasteiger partial charge is 0.413 e. The number of ether oxygens (including phenoxy) is 2. The number of aromatic nitrogens is 3. The van der Waals surface area contributed by atoms with E-state index in [0.717, 1.165) is 26.1 Å². The van der Waals surface area contributed by atoms with E-state index in [1.165, 1.54) is 46.1 Å². The largest absolute Gasteiger partial charge is 0.595 e. The lowest BCUT2D eigenvalue weighted by atomic mass is 9.97.